The maximum absolute atomic E-state index is 13.6. The summed E-state index contributed by atoms with van der Waals surface area (Å²) in [6.45, 7) is 9.30. The Labute approximate surface area is 90.8 Å². The molecule has 0 amide bonds. The van der Waals surface area contributed by atoms with Gasteiger partial charge in [0.1, 0.15) is 0 Å². The second-order valence-electron chi connectivity index (χ2n) is 5.90. The van der Waals surface area contributed by atoms with Gasteiger partial charge in [-0.05, 0) is 19.3 Å². The fraction of sp³-hybridized carbons (Fsp3) is 1.00. The molecule has 0 aromatic heterocycles. The maximum atomic E-state index is 13.6. The number of likely N-dealkylation sites (tertiary alicyclic amines) is 1. The van der Waals surface area contributed by atoms with Gasteiger partial charge in [0.05, 0.1) is 5.41 Å². The van der Waals surface area contributed by atoms with Crippen molar-refractivity contribution in [2.45, 2.75) is 46.1 Å². The van der Waals surface area contributed by atoms with Gasteiger partial charge in [0.15, 0.2) is 0 Å². The normalized spacial score (nSPS) is 35.0. The largest absolute Gasteiger partial charge is 0.299 e. The molecule has 1 aliphatic carbocycles. The lowest BCUT2D eigenvalue weighted by atomic mass is 9.54. The van der Waals surface area contributed by atoms with Crippen LogP contribution in [0.2, 0.25) is 0 Å². The summed E-state index contributed by atoms with van der Waals surface area (Å²) in [5.41, 5.74) is -0.657. The molecule has 1 aliphatic heterocycles. The van der Waals surface area contributed by atoms with E-state index in [4.69, 9.17) is 0 Å². The first-order chi connectivity index (χ1) is 6.80. The van der Waals surface area contributed by atoms with E-state index in [0.717, 1.165) is 0 Å². The first-order valence-electron chi connectivity index (χ1n) is 5.92. The fourth-order valence-electron chi connectivity index (χ4n) is 3.02. The monoisotopic (exact) mass is 217 g/mol. The Hall–Kier alpha value is -0.180. The van der Waals surface area contributed by atoms with Crippen LogP contribution in [0.1, 0.15) is 34.1 Å². The Kier molecular flexibility index (Phi) is 2.38. The zero-order valence-electron chi connectivity index (χ0n) is 10.1. The minimum atomic E-state index is -2.42. The lowest BCUT2D eigenvalue weighted by Gasteiger charge is -2.64. The highest BCUT2D eigenvalue weighted by molar-refractivity contribution is 5.14. The molecule has 3 heteroatoms. The first-order valence-corrected chi connectivity index (χ1v) is 5.92. The molecule has 0 radical (unpaired) electrons. The number of halogens is 2. The third-order valence-corrected chi connectivity index (χ3v) is 4.58. The zero-order valence-corrected chi connectivity index (χ0v) is 10.1. The second-order valence-corrected chi connectivity index (χ2v) is 5.90. The van der Waals surface area contributed by atoms with Crippen molar-refractivity contribution < 1.29 is 8.78 Å². The fourth-order valence-corrected chi connectivity index (χ4v) is 3.02. The third kappa shape index (κ3) is 1.35. The maximum Gasteiger partial charge on any atom is 0.258 e. The number of hydrogen-bond donors (Lipinski definition) is 0. The summed E-state index contributed by atoms with van der Waals surface area (Å²) in [5.74, 6) is -2.28. The van der Waals surface area contributed by atoms with Crippen LogP contribution in [0.3, 0.4) is 0 Å². The lowest BCUT2D eigenvalue weighted by Crippen LogP contribution is -2.74. The summed E-state index contributed by atoms with van der Waals surface area (Å²) in [4.78, 5) is 2.20. The topological polar surface area (TPSA) is 3.24 Å². The van der Waals surface area contributed by atoms with Gasteiger partial charge in [-0.3, -0.25) is 4.90 Å². The highest BCUT2D eigenvalue weighted by Crippen LogP contribution is 2.62. The first kappa shape index (κ1) is 11.3. The molecule has 1 heterocycles. The van der Waals surface area contributed by atoms with Crippen molar-refractivity contribution in [2.24, 2.45) is 17.3 Å². The Balaban J connectivity index is 1.94. The minimum Gasteiger partial charge on any atom is -0.299 e. The Bertz CT molecular complexity index is 256. The number of hydrogen-bond acceptors (Lipinski definition) is 1. The molecule has 0 bridgehead atoms. The van der Waals surface area contributed by atoms with Gasteiger partial charge in [-0.15, -0.1) is 0 Å². The SMILES string of the molecule is CC(C)C(C)N1CC2(CC(C)C2(F)F)C1. The molecular weight excluding hydrogens is 196 g/mol. The standard InChI is InChI=1S/C12H21F2N/c1-8(2)10(4)15-6-11(7-15)5-9(3)12(11,13)14/h8-10H,5-7H2,1-4H3. The quantitative estimate of drug-likeness (QED) is 0.687. The summed E-state index contributed by atoms with van der Waals surface area (Å²) in [7, 11) is 0. The minimum absolute atomic E-state index is 0.408. The van der Waals surface area contributed by atoms with Crippen LogP contribution in [-0.4, -0.2) is 30.0 Å². The van der Waals surface area contributed by atoms with E-state index in [1.807, 2.05) is 0 Å². The van der Waals surface area contributed by atoms with Crippen molar-refractivity contribution in [2.75, 3.05) is 13.1 Å². The van der Waals surface area contributed by atoms with Crippen LogP contribution >= 0.6 is 0 Å². The summed E-state index contributed by atoms with van der Waals surface area (Å²) in [5, 5.41) is 0. The Morgan fingerprint density at radius 1 is 1.20 bits per heavy atom. The lowest BCUT2D eigenvalue weighted by molar-refractivity contribution is -0.299. The van der Waals surface area contributed by atoms with E-state index in [2.05, 4.69) is 25.7 Å². The van der Waals surface area contributed by atoms with Crippen LogP contribution < -0.4 is 0 Å². The van der Waals surface area contributed by atoms with Crippen molar-refractivity contribution in [3.63, 3.8) is 0 Å². The molecule has 2 atom stereocenters. The van der Waals surface area contributed by atoms with Gasteiger partial charge in [-0.1, -0.05) is 20.8 Å². The van der Waals surface area contributed by atoms with Gasteiger partial charge >= 0.3 is 0 Å². The molecule has 0 aromatic rings. The Morgan fingerprint density at radius 2 is 1.73 bits per heavy atom. The van der Waals surface area contributed by atoms with Crippen LogP contribution in [-0.2, 0) is 0 Å². The van der Waals surface area contributed by atoms with Gasteiger partial charge in [0.25, 0.3) is 5.92 Å². The molecule has 1 nitrogen and oxygen atoms in total. The smallest absolute Gasteiger partial charge is 0.258 e. The molecule has 0 aromatic carbocycles. The van der Waals surface area contributed by atoms with Crippen LogP contribution in [0.4, 0.5) is 8.78 Å². The molecule has 88 valence electrons. The van der Waals surface area contributed by atoms with E-state index in [-0.39, 0.29) is 0 Å². The van der Waals surface area contributed by atoms with Crippen molar-refractivity contribution in [3.05, 3.63) is 0 Å². The average Bonchev–Trinajstić information content (AvgIpc) is 2.08. The highest BCUT2D eigenvalue weighted by Gasteiger charge is 2.71. The zero-order chi connectivity index (χ0) is 11.4. The molecule has 1 spiro atoms. The van der Waals surface area contributed by atoms with Crippen molar-refractivity contribution in [1.29, 1.82) is 0 Å². The molecule has 1 saturated heterocycles. The summed E-state index contributed by atoms with van der Waals surface area (Å²) in [6.07, 6.45) is 0.710. The van der Waals surface area contributed by atoms with Crippen molar-refractivity contribution in [3.8, 4) is 0 Å². The molecule has 2 aliphatic rings. The molecular formula is C12H21F2N. The van der Waals surface area contributed by atoms with Crippen LogP contribution in [0.25, 0.3) is 0 Å². The van der Waals surface area contributed by atoms with E-state index in [1.54, 1.807) is 6.92 Å². The van der Waals surface area contributed by atoms with Gasteiger partial charge in [0.2, 0.25) is 0 Å². The molecule has 2 unspecified atom stereocenters. The van der Waals surface area contributed by atoms with Crippen molar-refractivity contribution >= 4 is 0 Å². The predicted molar refractivity (Wildman–Crippen MR) is 57.0 cm³/mol. The van der Waals surface area contributed by atoms with Gasteiger partial charge in [0, 0.05) is 25.0 Å². The van der Waals surface area contributed by atoms with E-state index in [9.17, 15) is 8.78 Å². The third-order valence-electron chi connectivity index (χ3n) is 4.58. The van der Waals surface area contributed by atoms with Crippen LogP contribution in [0, 0.1) is 17.3 Å². The van der Waals surface area contributed by atoms with Gasteiger partial charge in [-0.2, -0.15) is 0 Å². The molecule has 2 rings (SSSR count). The summed E-state index contributed by atoms with van der Waals surface area (Å²) < 4.78 is 27.3. The molecule has 2 fully saturated rings. The van der Waals surface area contributed by atoms with E-state index in [1.165, 1.54) is 0 Å². The highest BCUT2D eigenvalue weighted by atomic mass is 19.3. The molecule has 15 heavy (non-hydrogen) atoms. The van der Waals surface area contributed by atoms with E-state index in [0.29, 0.717) is 31.5 Å². The van der Waals surface area contributed by atoms with Crippen LogP contribution in [0.15, 0.2) is 0 Å². The summed E-state index contributed by atoms with van der Waals surface area (Å²) in [6, 6.07) is 0.433. The second kappa shape index (κ2) is 3.16. The molecule has 0 N–H and O–H groups in total. The number of nitrogens with zero attached hydrogens (tertiary/aromatic N) is 1. The summed E-state index contributed by atoms with van der Waals surface area (Å²) >= 11 is 0. The van der Waals surface area contributed by atoms with E-state index < -0.39 is 17.3 Å². The predicted octanol–water partition coefficient (Wildman–Crippen LogP) is 3.01. The van der Waals surface area contributed by atoms with Gasteiger partial charge in [-0.25, -0.2) is 8.78 Å². The van der Waals surface area contributed by atoms with E-state index >= 15 is 0 Å². The molecule has 1 saturated carbocycles. The average molecular weight is 217 g/mol. The number of rotatable bonds is 2. The van der Waals surface area contributed by atoms with Gasteiger partial charge < -0.3 is 0 Å². The number of alkyl halides is 2. The van der Waals surface area contributed by atoms with Crippen molar-refractivity contribution in [1.82, 2.24) is 4.90 Å². The Morgan fingerprint density at radius 3 is 2.07 bits per heavy atom. The van der Waals surface area contributed by atoms with Crippen LogP contribution in [0.5, 0.6) is 0 Å².